The first-order valence-corrected chi connectivity index (χ1v) is 8.79. The Balaban J connectivity index is 4.96. The molecule has 0 saturated heterocycles. The lowest BCUT2D eigenvalue weighted by atomic mass is 9.91. The fourth-order valence-electron chi connectivity index (χ4n) is 1.86. The molecule has 0 aromatic rings. The van der Waals surface area contributed by atoms with E-state index in [0.717, 1.165) is 44.1 Å². The summed E-state index contributed by atoms with van der Waals surface area (Å²) >= 11 is 0. The van der Waals surface area contributed by atoms with Gasteiger partial charge < -0.3 is 14.5 Å². The van der Waals surface area contributed by atoms with Gasteiger partial charge in [0.1, 0.15) is 5.60 Å². The summed E-state index contributed by atoms with van der Waals surface area (Å²) in [6.45, 7) is 7.92. The van der Waals surface area contributed by atoms with Crippen LogP contribution in [0.1, 0.15) is 66.2 Å². The van der Waals surface area contributed by atoms with Crippen LogP contribution in [-0.4, -0.2) is 22.0 Å². The van der Waals surface area contributed by atoms with E-state index in [9.17, 15) is 4.57 Å². The van der Waals surface area contributed by atoms with E-state index in [1.54, 1.807) is 6.26 Å². The van der Waals surface area contributed by atoms with E-state index in [0.29, 0.717) is 0 Å². The van der Waals surface area contributed by atoms with Gasteiger partial charge in [-0.3, -0.25) is 4.52 Å². The van der Waals surface area contributed by atoms with Gasteiger partial charge in [0.2, 0.25) is 0 Å². The minimum absolute atomic E-state index is 0.0823. The van der Waals surface area contributed by atoms with E-state index in [-0.39, 0.29) is 6.61 Å². The molecule has 0 aromatic heterocycles. The molecular weight excluding hydrogens is 279 g/mol. The molecule has 0 bridgehead atoms. The zero-order chi connectivity index (χ0) is 15.6. The first-order valence-electron chi connectivity index (χ1n) is 7.26. The number of phosphoric acid groups is 1. The molecule has 0 atom stereocenters. The van der Waals surface area contributed by atoms with Crippen molar-refractivity contribution in [3.8, 4) is 0 Å². The van der Waals surface area contributed by atoms with Gasteiger partial charge in [0, 0.05) is 0 Å². The molecule has 0 spiro atoms. The average Bonchev–Trinajstić information content (AvgIpc) is 2.36. The van der Waals surface area contributed by atoms with Crippen LogP contribution >= 0.6 is 7.82 Å². The average molecular weight is 308 g/mol. The lowest BCUT2D eigenvalue weighted by molar-refractivity contribution is -0.0422. The van der Waals surface area contributed by atoms with Gasteiger partial charge in [0.25, 0.3) is 0 Å². The molecule has 5 nitrogen and oxygen atoms in total. The van der Waals surface area contributed by atoms with Gasteiger partial charge in [-0.2, -0.15) is 0 Å². The van der Waals surface area contributed by atoms with Gasteiger partial charge >= 0.3 is 7.82 Å². The molecule has 0 fully saturated rings. The maximum Gasteiger partial charge on any atom is 0.469 e. The summed E-state index contributed by atoms with van der Waals surface area (Å²) in [5.74, 6) is 0. The number of allylic oxidation sites excluding steroid dienone is 1. The third kappa shape index (κ3) is 9.54. The van der Waals surface area contributed by atoms with Crippen LogP contribution in [0.3, 0.4) is 0 Å². The summed E-state index contributed by atoms with van der Waals surface area (Å²) in [6, 6.07) is 0. The summed E-state index contributed by atoms with van der Waals surface area (Å²) in [4.78, 5) is 17.9. The van der Waals surface area contributed by atoms with E-state index in [4.69, 9.17) is 19.0 Å². The van der Waals surface area contributed by atoms with E-state index < -0.39 is 13.4 Å². The van der Waals surface area contributed by atoms with Crippen LogP contribution < -0.4 is 0 Å². The highest BCUT2D eigenvalue weighted by molar-refractivity contribution is 7.46. The van der Waals surface area contributed by atoms with Crippen LogP contribution in [-0.2, 0) is 13.8 Å². The van der Waals surface area contributed by atoms with Crippen LogP contribution in [0.5, 0.6) is 0 Å². The summed E-state index contributed by atoms with van der Waals surface area (Å²) in [7, 11) is -4.47. The highest BCUT2D eigenvalue weighted by atomic mass is 31.2. The van der Waals surface area contributed by atoms with Crippen molar-refractivity contribution in [2.75, 3.05) is 6.61 Å². The molecule has 2 N–H and O–H groups in total. The molecule has 120 valence electrons. The Kier molecular flexibility index (Phi) is 9.39. The molecule has 0 aliphatic heterocycles. The maximum absolute atomic E-state index is 11.0. The van der Waals surface area contributed by atoms with E-state index in [2.05, 4.69) is 13.8 Å². The van der Waals surface area contributed by atoms with Crippen molar-refractivity contribution in [3.05, 3.63) is 11.8 Å². The van der Waals surface area contributed by atoms with Gasteiger partial charge in [-0.15, -0.1) is 0 Å². The number of phosphoric ester groups is 1. The van der Waals surface area contributed by atoms with Crippen LogP contribution in [0.25, 0.3) is 0 Å². The minimum Gasteiger partial charge on any atom is -0.493 e. The topological polar surface area (TPSA) is 76.0 Å². The van der Waals surface area contributed by atoms with Gasteiger partial charge in [-0.25, -0.2) is 4.57 Å². The summed E-state index contributed by atoms with van der Waals surface area (Å²) in [6.07, 6.45) is 6.99. The third-order valence-corrected chi connectivity index (χ3v) is 3.48. The second-order valence-electron chi connectivity index (χ2n) is 5.47. The first kappa shape index (κ1) is 19.7. The predicted octanol–water partition coefficient (Wildman–Crippen LogP) is 4.16. The largest absolute Gasteiger partial charge is 0.493 e. The number of hydrogen-bond donors (Lipinski definition) is 2. The van der Waals surface area contributed by atoms with E-state index >= 15 is 0 Å². The predicted molar refractivity (Wildman–Crippen MR) is 80.3 cm³/mol. The second-order valence-corrected chi connectivity index (χ2v) is 6.71. The Hall–Kier alpha value is -0.350. The maximum atomic E-state index is 11.0. The minimum atomic E-state index is -4.47. The van der Waals surface area contributed by atoms with E-state index in [1.165, 1.54) is 0 Å². The Bertz CT molecular complexity index is 322. The molecule has 6 heteroatoms. The molecule has 0 unspecified atom stereocenters. The standard InChI is InChI=1S/C14H29O5P/c1-5-7-9-14(10-8-6-2,18-11-13(3)4)12-19-20(15,16)17/h11H,5-10,12H2,1-4H3,(H2,15,16,17). The quantitative estimate of drug-likeness (QED) is 0.443. The lowest BCUT2D eigenvalue weighted by Gasteiger charge is -2.33. The summed E-state index contributed by atoms with van der Waals surface area (Å²) in [5, 5.41) is 0. The van der Waals surface area contributed by atoms with Crippen LogP contribution in [0.4, 0.5) is 0 Å². The van der Waals surface area contributed by atoms with Crippen molar-refractivity contribution >= 4 is 7.82 Å². The Labute approximate surface area is 122 Å². The van der Waals surface area contributed by atoms with Crippen molar-refractivity contribution < 1.29 is 23.6 Å². The Morgan fingerprint density at radius 3 is 2.00 bits per heavy atom. The first-order chi connectivity index (χ1) is 9.24. The Morgan fingerprint density at radius 2 is 1.65 bits per heavy atom. The lowest BCUT2D eigenvalue weighted by Crippen LogP contribution is -2.36. The molecule has 0 radical (unpaired) electrons. The number of rotatable bonds is 11. The fraction of sp³-hybridized carbons (Fsp3) is 0.857. The van der Waals surface area contributed by atoms with Gasteiger partial charge in [-0.05, 0) is 45.1 Å². The highest BCUT2D eigenvalue weighted by Gasteiger charge is 2.33. The molecular formula is C14H29O5P. The van der Waals surface area contributed by atoms with Crippen molar-refractivity contribution in [1.29, 1.82) is 0 Å². The monoisotopic (exact) mass is 308 g/mol. The molecule has 20 heavy (non-hydrogen) atoms. The van der Waals surface area contributed by atoms with Gasteiger partial charge in [0.15, 0.2) is 0 Å². The summed E-state index contributed by atoms with van der Waals surface area (Å²) < 4.78 is 21.6. The summed E-state index contributed by atoms with van der Waals surface area (Å²) in [5.41, 5.74) is 0.364. The van der Waals surface area contributed by atoms with Gasteiger partial charge in [-0.1, -0.05) is 26.7 Å². The SMILES string of the molecule is CCCCC(CCCC)(COP(=O)(O)O)OC=C(C)C. The molecule has 0 heterocycles. The fourth-order valence-corrected chi connectivity index (χ4v) is 2.27. The molecule has 0 aliphatic rings. The molecule has 0 rings (SSSR count). The van der Waals surface area contributed by atoms with Crippen molar-refractivity contribution in [2.45, 2.75) is 71.8 Å². The smallest absolute Gasteiger partial charge is 0.469 e. The van der Waals surface area contributed by atoms with Gasteiger partial charge in [0.05, 0.1) is 12.9 Å². The normalized spacial score (nSPS) is 12.3. The van der Waals surface area contributed by atoms with Crippen molar-refractivity contribution in [2.24, 2.45) is 0 Å². The van der Waals surface area contributed by atoms with Crippen LogP contribution in [0.2, 0.25) is 0 Å². The zero-order valence-electron chi connectivity index (χ0n) is 13.1. The van der Waals surface area contributed by atoms with E-state index in [1.807, 2.05) is 13.8 Å². The van der Waals surface area contributed by atoms with Crippen LogP contribution in [0, 0.1) is 0 Å². The Morgan fingerprint density at radius 1 is 1.15 bits per heavy atom. The number of ether oxygens (including phenoxy) is 1. The number of hydrogen-bond acceptors (Lipinski definition) is 3. The zero-order valence-corrected chi connectivity index (χ0v) is 14.0. The second kappa shape index (κ2) is 9.56. The highest BCUT2D eigenvalue weighted by Crippen LogP contribution is 2.39. The molecule has 0 saturated carbocycles. The molecule has 0 amide bonds. The van der Waals surface area contributed by atoms with Crippen LogP contribution in [0.15, 0.2) is 11.8 Å². The molecule has 0 aromatic carbocycles. The third-order valence-electron chi connectivity index (χ3n) is 3.01. The molecule has 0 aliphatic carbocycles. The number of unbranched alkanes of at least 4 members (excludes halogenated alkanes) is 2. The van der Waals surface area contributed by atoms with Crippen molar-refractivity contribution in [1.82, 2.24) is 0 Å². The van der Waals surface area contributed by atoms with Crippen molar-refractivity contribution in [3.63, 3.8) is 0 Å².